The van der Waals surface area contributed by atoms with Gasteiger partial charge in [0.05, 0.1) is 11.0 Å². The number of aromatic nitrogens is 4. The second-order valence-electron chi connectivity index (χ2n) is 19.4. The fraction of sp³-hybridized carbons (Fsp3) is 0. The maximum atomic E-state index is 6.74. The van der Waals surface area contributed by atoms with Crippen LogP contribution in [0.1, 0.15) is 0 Å². The highest BCUT2D eigenvalue weighted by molar-refractivity contribution is 6.18. The van der Waals surface area contributed by atoms with E-state index in [2.05, 4.69) is 174 Å². The van der Waals surface area contributed by atoms with Crippen LogP contribution >= 0.6 is 0 Å². The molecule has 0 saturated carbocycles. The average Bonchev–Trinajstić information content (AvgIpc) is 4.26. The zero-order valence-corrected chi connectivity index (χ0v) is 40.6. The van der Waals surface area contributed by atoms with Gasteiger partial charge >= 0.3 is 0 Å². The van der Waals surface area contributed by atoms with Gasteiger partial charge in [0.15, 0.2) is 17.5 Å². The number of hydrogen-bond acceptors (Lipinski definition) is 6. The van der Waals surface area contributed by atoms with Crippen molar-refractivity contribution in [3.63, 3.8) is 0 Å². The highest BCUT2D eigenvalue weighted by Crippen LogP contribution is 2.45. The van der Waals surface area contributed by atoms with E-state index in [1.165, 1.54) is 16.3 Å². The van der Waals surface area contributed by atoms with Crippen LogP contribution in [0.5, 0.6) is 0 Å². The second-order valence-corrected chi connectivity index (χ2v) is 19.4. The first-order valence-corrected chi connectivity index (χ1v) is 25.5. The molecule has 0 atom stereocenters. The summed E-state index contributed by atoms with van der Waals surface area (Å²) in [4.78, 5) is 15.8. The van der Waals surface area contributed by atoms with Gasteiger partial charge in [0, 0.05) is 65.5 Å². The molecule has 7 nitrogen and oxygen atoms in total. The summed E-state index contributed by atoms with van der Waals surface area (Å²) in [6.07, 6.45) is 0. The summed E-state index contributed by atoms with van der Waals surface area (Å²) in [5.41, 5.74) is 17.0. The van der Waals surface area contributed by atoms with Gasteiger partial charge < -0.3 is 17.8 Å². The van der Waals surface area contributed by atoms with Gasteiger partial charge in [0.2, 0.25) is 0 Å². The molecule has 0 unspecified atom stereocenters. The molecule has 76 heavy (non-hydrogen) atoms. The minimum Gasteiger partial charge on any atom is -0.456 e. The van der Waals surface area contributed by atoms with Gasteiger partial charge in [-0.3, -0.25) is 0 Å². The number of fused-ring (bicyclic) bond motifs is 12. The number of furan rings is 3. The first-order chi connectivity index (χ1) is 37.6. The Morgan fingerprint density at radius 2 is 0.763 bits per heavy atom. The predicted molar refractivity (Wildman–Crippen MR) is 309 cm³/mol. The molecule has 0 aliphatic heterocycles. The molecule has 0 aliphatic carbocycles. The molecule has 11 aromatic carbocycles. The van der Waals surface area contributed by atoms with E-state index in [1.807, 2.05) is 72.8 Å². The van der Waals surface area contributed by atoms with E-state index in [0.29, 0.717) is 17.5 Å². The van der Waals surface area contributed by atoms with Gasteiger partial charge in [-0.15, -0.1) is 0 Å². The Hall–Kier alpha value is -10.4. The smallest absolute Gasteiger partial charge is 0.164 e. The Morgan fingerprint density at radius 1 is 0.250 bits per heavy atom. The lowest BCUT2D eigenvalue weighted by molar-refractivity contribution is 0.668. The van der Waals surface area contributed by atoms with Crippen molar-refractivity contribution in [2.45, 2.75) is 0 Å². The summed E-state index contributed by atoms with van der Waals surface area (Å²) >= 11 is 0. The van der Waals surface area contributed by atoms with Crippen LogP contribution < -0.4 is 0 Å². The topological polar surface area (TPSA) is 83.0 Å². The van der Waals surface area contributed by atoms with Gasteiger partial charge in [-0.05, 0) is 112 Å². The van der Waals surface area contributed by atoms with Crippen LogP contribution in [0.15, 0.2) is 256 Å². The quantitative estimate of drug-likeness (QED) is 0.158. The standard InChI is InChI=1S/C69H40N4O3/c1-4-17-41(18-5-1)53-37-46(40-63-64(53)50-24-11-14-28-58(50)76-63)68-70-67(42-19-6-2-7-20-42)71-69(72-68)52-26-16-30-61-66(52)55-35-44(32-34-60(55)74-61)54-36-45(39-62-65(54)51-25-12-15-29-59(51)75-62)43-31-33-49-48-23-10-13-27-56(48)73(57(49)38-43)47-21-8-3-9-22-47/h1-40H. The number of hydrogen-bond donors (Lipinski definition) is 0. The van der Waals surface area contributed by atoms with Crippen molar-refractivity contribution in [1.82, 2.24) is 19.5 Å². The molecule has 0 aliphatic rings. The first-order valence-electron chi connectivity index (χ1n) is 25.5. The van der Waals surface area contributed by atoms with Gasteiger partial charge in [0.25, 0.3) is 0 Å². The Morgan fingerprint density at radius 3 is 1.50 bits per heavy atom. The average molecular weight is 973 g/mol. The van der Waals surface area contributed by atoms with Crippen molar-refractivity contribution in [1.29, 1.82) is 0 Å². The third-order valence-corrected chi connectivity index (χ3v) is 15.0. The Labute approximate surface area is 434 Å². The van der Waals surface area contributed by atoms with E-state index in [1.54, 1.807) is 0 Å². The third-order valence-electron chi connectivity index (χ3n) is 15.0. The molecule has 16 rings (SSSR count). The summed E-state index contributed by atoms with van der Waals surface area (Å²) in [6.45, 7) is 0. The molecule has 0 N–H and O–H groups in total. The largest absolute Gasteiger partial charge is 0.456 e. The number of benzene rings is 11. The maximum Gasteiger partial charge on any atom is 0.164 e. The van der Waals surface area contributed by atoms with Gasteiger partial charge in [-0.25, -0.2) is 15.0 Å². The van der Waals surface area contributed by atoms with Gasteiger partial charge in [0.1, 0.15) is 33.5 Å². The molecule has 354 valence electrons. The summed E-state index contributed by atoms with van der Waals surface area (Å²) in [5.74, 6) is 1.62. The van der Waals surface area contributed by atoms with E-state index < -0.39 is 0 Å². The van der Waals surface area contributed by atoms with Crippen molar-refractivity contribution < 1.29 is 13.3 Å². The normalized spacial score (nSPS) is 11.9. The fourth-order valence-corrected chi connectivity index (χ4v) is 11.6. The van der Waals surface area contributed by atoms with Crippen molar-refractivity contribution in [2.24, 2.45) is 0 Å². The molecule has 0 saturated heterocycles. The summed E-state index contributed by atoms with van der Waals surface area (Å²) in [6, 6.07) is 84.5. The summed E-state index contributed by atoms with van der Waals surface area (Å²) < 4.78 is 22.4. The predicted octanol–water partition coefficient (Wildman–Crippen LogP) is 18.7. The molecular formula is C69H40N4O3. The molecule has 5 heterocycles. The fourth-order valence-electron chi connectivity index (χ4n) is 11.6. The van der Waals surface area contributed by atoms with Gasteiger partial charge in [-0.2, -0.15) is 0 Å². The third kappa shape index (κ3) is 6.59. The van der Waals surface area contributed by atoms with Crippen molar-refractivity contribution in [2.75, 3.05) is 0 Å². The van der Waals surface area contributed by atoms with E-state index >= 15 is 0 Å². The van der Waals surface area contributed by atoms with Crippen LogP contribution in [0.25, 0.3) is 161 Å². The highest BCUT2D eigenvalue weighted by atomic mass is 16.3. The lowest BCUT2D eigenvalue weighted by Crippen LogP contribution is -2.00. The molecule has 7 heteroatoms. The van der Waals surface area contributed by atoms with Crippen LogP contribution in [-0.2, 0) is 0 Å². The van der Waals surface area contributed by atoms with Crippen molar-refractivity contribution >= 4 is 87.6 Å². The summed E-state index contributed by atoms with van der Waals surface area (Å²) in [7, 11) is 0. The first kappa shape index (κ1) is 42.2. The molecule has 16 aromatic rings. The molecule has 0 radical (unpaired) electrons. The molecular weight excluding hydrogens is 933 g/mol. The number of para-hydroxylation sites is 4. The molecule has 0 bridgehead atoms. The van der Waals surface area contributed by atoms with Crippen LogP contribution in [0.4, 0.5) is 0 Å². The molecule has 5 aromatic heterocycles. The maximum absolute atomic E-state index is 6.74. The molecule has 0 spiro atoms. The van der Waals surface area contributed by atoms with Crippen molar-refractivity contribution in [3.8, 4) is 73.2 Å². The Balaban J connectivity index is 0.901. The number of rotatable bonds is 7. The lowest BCUT2D eigenvalue weighted by Gasteiger charge is -2.12. The SMILES string of the molecule is c1ccc(-c2nc(-c3cc(-c4ccccc4)c4c(c3)oc3ccccc34)nc(-c3cccc4oc5ccc(-c6cc(-c7ccc8c9ccccc9n(-c9ccccc9)c8c7)cc7oc8ccccc8c67)cc5c34)n2)cc1. The van der Waals surface area contributed by atoms with E-state index in [-0.39, 0.29) is 0 Å². The number of nitrogens with zero attached hydrogens (tertiary/aromatic N) is 4. The lowest BCUT2D eigenvalue weighted by atomic mass is 9.93. The van der Waals surface area contributed by atoms with E-state index in [4.69, 9.17) is 28.2 Å². The monoisotopic (exact) mass is 972 g/mol. The molecule has 0 fully saturated rings. The van der Waals surface area contributed by atoms with Crippen LogP contribution in [0, 0.1) is 0 Å². The Bertz CT molecular complexity index is 4990. The van der Waals surface area contributed by atoms with E-state index in [9.17, 15) is 0 Å². The van der Waals surface area contributed by atoms with Crippen LogP contribution in [-0.4, -0.2) is 19.5 Å². The zero-order valence-electron chi connectivity index (χ0n) is 40.6. The van der Waals surface area contributed by atoms with Gasteiger partial charge in [-0.1, -0.05) is 164 Å². The zero-order chi connectivity index (χ0) is 49.8. The van der Waals surface area contributed by atoms with Crippen molar-refractivity contribution in [3.05, 3.63) is 243 Å². The van der Waals surface area contributed by atoms with Crippen LogP contribution in [0.2, 0.25) is 0 Å². The van der Waals surface area contributed by atoms with Crippen LogP contribution in [0.3, 0.4) is 0 Å². The molecule has 0 amide bonds. The minimum absolute atomic E-state index is 0.530. The summed E-state index contributed by atoms with van der Waals surface area (Å²) in [5, 5.41) is 8.49. The van der Waals surface area contributed by atoms with E-state index in [0.717, 1.165) is 127 Å². The Kier molecular flexibility index (Phi) is 9.20. The highest BCUT2D eigenvalue weighted by Gasteiger charge is 2.23. The second kappa shape index (κ2) is 16.6. The minimum atomic E-state index is 0.530.